The minimum atomic E-state index is -0.490. The third-order valence-electron chi connectivity index (χ3n) is 2.82. The molecule has 0 aliphatic carbocycles. The molecule has 2 N–H and O–H groups in total. The van der Waals surface area contributed by atoms with Crippen molar-refractivity contribution >= 4 is 34.8 Å². The second kappa shape index (κ2) is 6.10. The van der Waals surface area contributed by atoms with Crippen molar-refractivity contribution in [2.24, 2.45) is 5.73 Å². The summed E-state index contributed by atoms with van der Waals surface area (Å²) in [6.07, 6.45) is 0.425. The lowest BCUT2D eigenvalue weighted by atomic mass is 9.99. The van der Waals surface area contributed by atoms with E-state index >= 15 is 0 Å². The lowest BCUT2D eigenvalue weighted by molar-refractivity contribution is 0.580. The van der Waals surface area contributed by atoms with Crippen molar-refractivity contribution < 1.29 is 4.39 Å². The Kier molecular flexibility index (Phi) is 4.69. The molecular weight excluding hydrogens is 308 g/mol. The van der Waals surface area contributed by atoms with Crippen LogP contribution in [0.3, 0.4) is 0 Å². The molecule has 2 aromatic rings. The molecule has 0 radical (unpaired) electrons. The van der Waals surface area contributed by atoms with Crippen LogP contribution in [0.5, 0.6) is 0 Å². The second-order valence-corrected chi connectivity index (χ2v) is 5.49. The molecule has 0 aromatic heterocycles. The smallest absolute Gasteiger partial charge is 0.129 e. The van der Waals surface area contributed by atoms with Crippen LogP contribution in [-0.2, 0) is 6.42 Å². The fourth-order valence-electron chi connectivity index (χ4n) is 1.84. The molecule has 2 rings (SSSR count). The van der Waals surface area contributed by atoms with Crippen LogP contribution in [0.2, 0.25) is 15.1 Å². The van der Waals surface area contributed by atoms with E-state index in [2.05, 4.69) is 0 Å². The van der Waals surface area contributed by atoms with E-state index in [0.29, 0.717) is 27.1 Å². The zero-order chi connectivity index (χ0) is 14.0. The molecule has 1 nitrogen and oxygen atoms in total. The number of hydrogen-bond donors (Lipinski definition) is 1. The molecule has 0 aliphatic heterocycles. The van der Waals surface area contributed by atoms with Crippen molar-refractivity contribution in [3.63, 3.8) is 0 Å². The van der Waals surface area contributed by atoms with Crippen molar-refractivity contribution in [1.82, 2.24) is 0 Å². The summed E-state index contributed by atoms with van der Waals surface area (Å²) in [5.74, 6) is -0.412. The predicted octanol–water partition coefficient (Wildman–Crippen LogP) is 5.03. The Morgan fingerprint density at radius 3 is 2.26 bits per heavy atom. The monoisotopic (exact) mass is 317 g/mol. The highest BCUT2D eigenvalue weighted by molar-refractivity contribution is 6.35. The van der Waals surface area contributed by atoms with E-state index < -0.39 is 11.9 Å². The molecular formula is C14H11Cl3FN. The third kappa shape index (κ3) is 3.61. The Hall–Kier alpha value is -0.800. The van der Waals surface area contributed by atoms with Gasteiger partial charge in [-0.05, 0) is 36.2 Å². The maximum atomic E-state index is 13.7. The van der Waals surface area contributed by atoms with Crippen molar-refractivity contribution in [3.05, 3.63) is 68.4 Å². The summed E-state index contributed by atoms with van der Waals surface area (Å²) in [6.45, 7) is 0. The predicted molar refractivity (Wildman–Crippen MR) is 78.5 cm³/mol. The van der Waals surface area contributed by atoms with Crippen LogP contribution < -0.4 is 5.73 Å². The third-order valence-corrected chi connectivity index (χ3v) is 3.64. The first-order chi connectivity index (χ1) is 8.97. The Morgan fingerprint density at radius 2 is 1.63 bits per heavy atom. The van der Waals surface area contributed by atoms with Gasteiger partial charge in [-0.25, -0.2) is 4.39 Å². The van der Waals surface area contributed by atoms with Crippen LogP contribution in [0, 0.1) is 5.82 Å². The summed E-state index contributed by atoms with van der Waals surface area (Å²) in [5, 5.41) is 1.43. The van der Waals surface area contributed by atoms with E-state index in [1.807, 2.05) is 0 Å². The standard InChI is InChI=1S/C14H11Cl3FN/c15-9-2-1-8(12(17)6-9)5-14(19)11-4-3-10(16)7-13(11)18/h1-4,6-7,14H,5,19H2. The highest BCUT2D eigenvalue weighted by atomic mass is 35.5. The van der Waals surface area contributed by atoms with Gasteiger partial charge in [-0.3, -0.25) is 0 Å². The molecule has 0 fully saturated rings. The van der Waals surface area contributed by atoms with Crippen molar-refractivity contribution in [1.29, 1.82) is 0 Å². The van der Waals surface area contributed by atoms with Gasteiger partial charge in [0.15, 0.2) is 0 Å². The first-order valence-electron chi connectivity index (χ1n) is 5.62. The van der Waals surface area contributed by atoms with Crippen molar-refractivity contribution in [2.45, 2.75) is 12.5 Å². The van der Waals surface area contributed by atoms with Crippen molar-refractivity contribution in [2.75, 3.05) is 0 Å². The Balaban J connectivity index is 2.23. The largest absolute Gasteiger partial charge is 0.324 e. The topological polar surface area (TPSA) is 26.0 Å². The van der Waals surface area contributed by atoms with Gasteiger partial charge in [-0.15, -0.1) is 0 Å². The molecule has 0 saturated carbocycles. The normalized spacial score (nSPS) is 12.5. The average molecular weight is 319 g/mol. The molecule has 2 aromatic carbocycles. The maximum Gasteiger partial charge on any atom is 0.129 e. The summed E-state index contributed by atoms with van der Waals surface area (Å²) in [4.78, 5) is 0. The molecule has 100 valence electrons. The molecule has 1 atom stereocenters. The zero-order valence-electron chi connectivity index (χ0n) is 9.84. The molecule has 0 saturated heterocycles. The van der Waals surface area contributed by atoms with Gasteiger partial charge in [-0.2, -0.15) is 0 Å². The first-order valence-corrected chi connectivity index (χ1v) is 6.75. The van der Waals surface area contributed by atoms with Crippen molar-refractivity contribution in [3.8, 4) is 0 Å². The summed E-state index contributed by atoms with van der Waals surface area (Å²) in [6, 6.07) is 9.13. The molecule has 19 heavy (non-hydrogen) atoms. The summed E-state index contributed by atoms with van der Waals surface area (Å²) in [5.41, 5.74) is 7.25. The number of rotatable bonds is 3. The van der Waals surface area contributed by atoms with Gasteiger partial charge in [0.05, 0.1) is 0 Å². The van der Waals surface area contributed by atoms with Crippen LogP contribution in [0.15, 0.2) is 36.4 Å². The molecule has 5 heteroatoms. The molecule has 1 unspecified atom stereocenters. The van der Waals surface area contributed by atoms with E-state index in [4.69, 9.17) is 40.5 Å². The van der Waals surface area contributed by atoms with E-state index in [1.165, 1.54) is 6.07 Å². The fourth-order valence-corrected chi connectivity index (χ4v) is 2.48. The minimum Gasteiger partial charge on any atom is -0.324 e. The quantitative estimate of drug-likeness (QED) is 0.844. The van der Waals surface area contributed by atoms with Gasteiger partial charge in [0.2, 0.25) is 0 Å². The second-order valence-electron chi connectivity index (χ2n) is 4.21. The molecule has 0 bridgehead atoms. The number of nitrogens with two attached hydrogens (primary N) is 1. The molecule has 0 spiro atoms. The van der Waals surface area contributed by atoms with E-state index in [0.717, 1.165) is 5.56 Å². The number of halogens is 4. The van der Waals surface area contributed by atoms with Gasteiger partial charge in [0.1, 0.15) is 5.82 Å². The minimum absolute atomic E-state index is 0.345. The Labute approximate surface area is 126 Å². The van der Waals surface area contributed by atoms with E-state index in [1.54, 1.807) is 30.3 Å². The average Bonchev–Trinajstić information content (AvgIpc) is 2.32. The van der Waals surface area contributed by atoms with Crippen LogP contribution in [0.25, 0.3) is 0 Å². The van der Waals surface area contributed by atoms with Gasteiger partial charge >= 0.3 is 0 Å². The van der Waals surface area contributed by atoms with Gasteiger partial charge in [-0.1, -0.05) is 46.9 Å². The van der Waals surface area contributed by atoms with Crippen LogP contribution in [0.4, 0.5) is 4.39 Å². The Morgan fingerprint density at radius 1 is 1.00 bits per heavy atom. The van der Waals surface area contributed by atoms with E-state index in [9.17, 15) is 4.39 Å². The lowest BCUT2D eigenvalue weighted by Crippen LogP contribution is -2.15. The van der Waals surface area contributed by atoms with E-state index in [-0.39, 0.29) is 0 Å². The highest BCUT2D eigenvalue weighted by Crippen LogP contribution is 2.27. The van der Waals surface area contributed by atoms with Crippen LogP contribution in [0.1, 0.15) is 17.2 Å². The maximum absolute atomic E-state index is 13.7. The Bertz CT molecular complexity index is 601. The zero-order valence-corrected chi connectivity index (χ0v) is 12.1. The first kappa shape index (κ1) is 14.6. The summed E-state index contributed by atoms with van der Waals surface area (Å²) >= 11 is 17.6. The molecule has 0 aliphatic rings. The van der Waals surface area contributed by atoms with Gasteiger partial charge in [0.25, 0.3) is 0 Å². The molecule has 0 amide bonds. The lowest BCUT2D eigenvalue weighted by Gasteiger charge is -2.14. The fraction of sp³-hybridized carbons (Fsp3) is 0.143. The highest BCUT2D eigenvalue weighted by Gasteiger charge is 2.14. The van der Waals surface area contributed by atoms with Gasteiger partial charge in [0, 0.05) is 26.7 Å². The summed E-state index contributed by atoms with van der Waals surface area (Å²) < 4.78 is 13.7. The van der Waals surface area contributed by atoms with Crippen LogP contribution >= 0.6 is 34.8 Å². The SMILES string of the molecule is NC(Cc1ccc(Cl)cc1Cl)c1ccc(Cl)cc1F. The summed E-state index contributed by atoms with van der Waals surface area (Å²) in [7, 11) is 0. The number of hydrogen-bond acceptors (Lipinski definition) is 1. The van der Waals surface area contributed by atoms with Crippen LogP contribution in [-0.4, -0.2) is 0 Å². The van der Waals surface area contributed by atoms with Gasteiger partial charge < -0.3 is 5.73 Å². The molecule has 0 heterocycles. The number of benzene rings is 2.